The zero-order valence-corrected chi connectivity index (χ0v) is 16.9. The maximum absolute atomic E-state index is 14.8. The summed E-state index contributed by atoms with van der Waals surface area (Å²) in [7, 11) is 0. The summed E-state index contributed by atoms with van der Waals surface area (Å²) in [5, 5.41) is 0. The molecule has 0 amide bonds. The molecule has 0 aromatic carbocycles. The Morgan fingerprint density at radius 3 is 2.80 bits per heavy atom. The molecule has 1 aliphatic heterocycles. The predicted octanol–water partition coefficient (Wildman–Crippen LogP) is 3.14. The zero-order valence-electron chi connectivity index (χ0n) is 16.9. The smallest absolute Gasteiger partial charge is 0.411 e. The van der Waals surface area contributed by atoms with Gasteiger partial charge in [-0.1, -0.05) is 12.0 Å². The Morgan fingerprint density at radius 2 is 2.23 bits per heavy atom. The fraction of sp³-hybridized carbons (Fsp3) is 0.526. The summed E-state index contributed by atoms with van der Waals surface area (Å²) in [5.41, 5.74) is 4.03. The topological polar surface area (TPSA) is 90.8 Å². The minimum Gasteiger partial charge on any atom is -0.463 e. The maximum Gasteiger partial charge on any atom is 0.411 e. The van der Waals surface area contributed by atoms with Gasteiger partial charge in [0.2, 0.25) is 5.88 Å². The molecule has 11 heteroatoms. The van der Waals surface area contributed by atoms with Crippen molar-refractivity contribution >= 4 is 19.0 Å². The lowest BCUT2D eigenvalue weighted by Gasteiger charge is -2.40. The van der Waals surface area contributed by atoms with Crippen molar-refractivity contribution in [1.82, 2.24) is 0 Å². The molecule has 0 fully saturated rings. The van der Waals surface area contributed by atoms with Gasteiger partial charge in [0.25, 0.3) is 6.02 Å². The lowest BCUT2D eigenvalue weighted by Crippen LogP contribution is -2.54. The molecular formula is C19H24F4N4O3. The quantitative estimate of drug-likeness (QED) is 0.262. The van der Waals surface area contributed by atoms with E-state index in [2.05, 4.69) is 33.5 Å². The van der Waals surface area contributed by atoms with Crippen molar-refractivity contribution in [2.45, 2.75) is 38.6 Å². The van der Waals surface area contributed by atoms with E-state index in [4.69, 9.17) is 19.9 Å². The van der Waals surface area contributed by atoms with Crippen LogP contribution in [-0.2, 0) is 14.2 Å². The number of halogens is 4. The number of alkyl halides is 3. The number of hydrogen-bond donors (Lipinski definition) is 1. The second kappa shape index (κ2) is 11.3. The van der Waals surface area contributed by atoms with Gasteiger partial charge >= 0.3 is 6.18 Å². The molecule has 30 heavy (non-hydrogen) atoms. The van der Waals surface area contributed by atoms with E-state index in [0.29, 0.717) is 0 Å². The van der Waals surface area contributed by atoms with E-state index in [1.807, 2.05) is 0 Å². The van der Waals surface area contributed by atoms with Crippen LogP contribution >= 0.6 is 0 Å². The first-order valence-corrected chi connectivity index (χ1v) is 8.78. The normalized spacial score (nSPS) is 23.8. The average Bonchev–Trinajstić information content (AvgIpc) is 2.66. The number of ether oxygens (including phenoxy) is 3. The van der Waals surface area contributed by atoms with Crippen molar-refractivity contribution in [3.05, 3.63) is 24.0 Å². The van der Waals surface area contributed by atoms with Gasteiger partial charge in [0, 0.05) is 6.21 Å². The molecule has 0 aliphatic carbocycles. The fourth-order valence-corrected chi connectivity index (χ4v) is 2.55. The van der Waals surface area contributed by atoms with Gasteiger partial charge in [0.1, 0.15) is 30.7 Å². The Morgan fingerprint density at radius 1 is 1.53 bits per heavy atom. The van der Waals surface area contributed by atoms with Crippen LogP contribution in [0.15, 0.2) is 39.0 Å². The number of nitrogens with zero attached hydrogens (tertiary/aromatic N) is 3. The van der Waals surface area contributed by atoms with Crippen LogP contribution in [0.3, 0.4) is 0 Å². The minimum atomic E-state index is -4.59. The fourth-order valence-electron chi connectivity index (χ4n) is 2.55. The Bertz CT molecular complexity index is 781. The highest BCUT2D eigenvalue weighted by Crippen LogP contribution is 2.36. The van der Waals surface area contributed by atoms with Crippen LogP contribution in [0.5, 0.6) is 0 Å². The molecule has 3 atom stereocenters. The second-order valence-corrected chi connectivity index (χ2v) is 6.20. The number of amidine groups is 1. The molecule has 1 heterocycles. The van der Waals surface area contributed by atoms with Crippen molar-refractivity contribution in [1.29, 1.82) is 0 Å². The van der Waals surface area contributed by atoms with Crippen LogP contribution in [0, 0.1) is 17.8 Å². The summed E-state index contributed by atoms with van der Waals surface area (Å²) in [5.74, 6) is 3.31. The Labute approximate surface area is 172 Å². The molecule has 1 unspecified atom stereocenters. The van der Waals surface area contributed by atoms with E-state index < -0.39 is 36.2 Å². The molecule has 0 bridgehead atoms. The van der Waals surface area contributed by atoms with Crippen LogP contribution in [0.2, 0.25) is 0 Å². The predicted molar refractivity (Wildman–Crippen MR) is 106 cm³/mol. The summed E-state index contributed by atoms with van der Waals surface area (Å²) in [4.78, 5) is 11.6. The zero-order chi connectivity index (χ0) is 22.8. The van der Waals surface area contributed by atoms with Crippen LogP contribution in [0.1, 0.15) is 20.8 Å². The summed E-state index contributed by atoms with van der Waals surface area (Å²) >= 11 is 0. The van der Waals surface area contributed by atoms with Gasteiger partial charge in [-0.2, -0.15) is 13.2 Å². The molecule has 1 rings (SSSR count). The monoisotopic (exact) mass is 432 g/mol. The van der Waals surface area contributed by atoms with Crippen LogP contribution < -0.4 is 5.73 Å². The molecule has 0 radical (unpaired) electrons. The van der Waals surface area contributed by atoms with Gasteiger partial charge in [0.15, 0.2) is 6.61 Å². The molecule has 166 valence electrons. The van der Waals surface area contributed by atoms with Gasteiger partial charge in [-0.15, -0.1) is 5.92 Å². The van der Waals surface area contributed by atoms with Gasteiger partial charge < -0.3 is 19.9 Å². The molecule has 2 N–H and O–H groups in total. The highest BCUT2D eigenvalue weighted by Gasteiger charge is 2.48. The van der Waals surface area contributed by atoms with Crippen molar-refractivity contribution in [3.63, 3.8) is 0 Å². The largest absolute Gasteiger partial charge is 0.463 e. The average molecular weight is 432 g/mol. The van der Waals surface area contributed by atoms with Crippen LogP contribution in [0.25, 0.3) is 0 Å². The number of hydrogen-bond acceptors (Lipinski definition) is 7. The first kappa shape index (κ1) is 25.2. The van der Waals surface area contributed by atoms with Crippen molar-refractivity contribution in [2.75, 3.05) is 19.8 Å². The summed E-state index contributed by atoms with van der Waals surface area (Å²) < 4.78 is 68.0. The summed E-state index contributed by atoms with van der Waals surface area (Å²) in [6.07, 6.45) is -2.39. The van der Waals surface area contributed by atoms with Crippen molar-refractivity contribution in [3.8, 4) is 11.8 Å². The molecule has 7 nitrogen and oxygen atoms in total. The molecule has 0 spiro atoms. The molecule has 1 aliphatic rings. The van der Waals surface area contributed by atoms with E-state index >= 15 is 0 Å². The number of allylic oxidation sites excluding steroid dienone is 1. The van der Waals surface area contributed by atoms with Gasteiger partial charge in [-0.25, -0.2) is 14.4 Å². The Balaban J connectivity index is 3.29. The highest BCUT2D eigenvalue weighted by molar-refractivity contribution is 5.75. The van der Waals surface area contributed by atoms with E-state index in [1.165, 1.54) is 20.0 Å². The molecule has 0 saturated carbocycles. The van der Waals surface area contributed by atoms with E-state index in [-0.39, 0.29) is 25.1 Å². The lowest BCUT2D eigenvalue weighted by molar-refractivity contribution is -0.197. The number of nitrogens with two attached hydrogens (primary N) is 1. The lowest BCUT2D eigenvalue weighted by atomic mass is 9.80. The van der Waals surface area contributed by atoms with Gasteiger partial charge in [-0.3, -0.25) is 4.99 Å². The minimum absolute atomic E-state index is 0.000509. The van der Waals surface area contributed by atoms with E-state index in [9.17, 15) is 17.6 Å². The SMILES string of the molecule is C=N/C=C(\N=C/C(/C(F)=C\C)[C@@]1(C)N=C(N)OC[C@@H]1OCC(F)(F)F)OCC#CC. The highest BCUT2D eigenvalue weighted by atomic mass is 19.4. The van der Waals surface area contributed by atoms with Crippen LogP contribution in [-0.4, -0.2) is 56.6 Å². The van der Waals surface area contributed by atoms with Gasteiger partial charge in [0.05, 0.1) is 12.1 Å². The third-order valence-electron chi connectivity index (χ3n) is 4.06. The maximum atomic E-state index is 14.8. The summed E-state index contributed by atoms with van der Waals surface area (Å²) in [6, 6.07) is -0.301. The van der Waals surface area contributed by atoms with Gasteiger partial charge in [-0.05, 0) is 27.5 Å². The number of aliphatic imine (C=N–C) groups is 3. The third-order valence-corrected chi connectivity index (χ3v) is 4.06. The molecule has 0 aromatic heterocycles. The molecule has 0 saturated heterocycles. The third kappa shape index (κ3) is 7.51. The Hall–Kier alpha value is -2.87. The first-order chi connectivity index (χ1) is 14.1. The van der Waals surface area contributed by atoms with Crippen molar-refractivity contribution in [2.24, 2.45) is 26.6 Å². The van der Waals surface area contributed by atoms with Crippen molar-refractivity contribution < 1.29 is 31.8 Å². The van der Waals surface area contributed by atoms with Crippen LogP contribution in [0.4, 0.5) is 17.6 Å². The molecular weight excluding hydrogens is 408 g/mol. The number of rotatable bonds is 9. The standard InChI is InChI=1S/C19H24F4N4O3/c1-5-7-8-28-16(10-25-4)26-9-13(14(20)6-2)18(3)15(11-29-17(24)27-18)30-12-19(21,22)23/h6,9-10,13,15H,4,8,11-12H2,1-3H3,(H2,24,27)/b14-6+,16-10+,26-9-/t13?,15-,18+/m0/s1. The second-order valence-electron chi connectivity index (χ2n) is 6.20. The Kier molecular flexibility index (Phi) is 9.52. The van der Waals surface area contributed by atoms with E-state index in [1.54, 1.807) is 6.92 Å². The first-order valence-electron chi connectivity index (χ1n) is 8.78. The van der Waals surface area contributed by atoms with E-state index in [0.717, 1.165) is 12.3 Å². The molecule has 0 aromatic rings. The summed E-state index contributed by atoms with van der Waals surface area (Å²) in [6.45, 7) is 5.84.